The molecule has 2 aromatic carbocycles. The number of aryl methyl sites for hydroxylation is 2. The predicted octanol–water partition coefficient (Wildman–Crippen LogP) is 5.58. The number of nitrogens with zero attached hydrogens (tertiary/aromatic N) is 3. The van der Waals surface area contributed by atoms with Gasteiger partial charge in [-0.1, -0.05) is 30.3 Å². The van der Waals surface area contributed by atoms with Crippen LogP contribution in [-0.4, -0.2) is 36.3 Å². The first kappa shape index (κ1) is 24.8. The van der Waals surface area contributed by atoms with E-state index in [1.54, 1.807) is 13.3 Å². The molecule has 3 aromatic rings. The number of rotatable bonds is 8. The van der Waals surface area contributed by atoms with Gasteiger partial charge in [0.2, 0.25) is 11.8 Å². The standard InChI is InChI=1S/C27H32N6OS/c1-18-7-4-8-19(2)26(18)24-14-25(32-27(31-24)33-35-23(15-28)17-29-3)34-22-11-5-9-20(13-22)21-10-6-12-30-16-21/h4-5,7-9,11,13-15,17,21,30H,6,10,12,16,28H2,1-3H3,(H,31,32,33). The molecule has 0 radical (unpaired) electrons. The highest BCUT2D eigenvalue weighted by Crippen LogP contribution is 2.32. The Balaban J connectivity index is 1.66. The first-order valence-corrected chi connectivity index (χ1v) is 12.6. The van der Waals surface area contributed by atoms with Gasteiger partial charge in [0.05, 0.1) is 10.6 Å². The molecule has 1 unspecified atom stereocenters. The van der Waals surface area contributed by atoms with Gasteiger partial charge in [-0.2, -0.15) is 4.98 Å². The van der Waals surface area contributed by atoms with Gasteiger partial charge in [0.25, 0.3) is 0 Å². The zero-order valence-electron chi connectivity index (χ0n) is 20.4. The fourth-order valence-corrected chi connectivity index (χ4v) is 4.82. The lowest BCUT2D eigenvalue weighted by molar-refractivity contribution is 0.449. The van der Waals surface area contributed by atoms with Crippen LogP contribution in [0.25, 0.3) is 11.3 Å². The van der Waals surface area contributed by atoms with Crippen molar-refractivity contribution in [2.24, 2.45) is 10.7 Å². The third-order valence-corrected chi connectivity index (χ3v) is 6.73. The maximum atomic E-state index is 6.29. The van der Waals surface area contributed by atoms with Crippen molar-refractivity contribution in [3.63, 3.8) is 0 Å². The van der Waals surface area contributed by atoms with Crippen molar-refractivity contribution < 1.29 is 4.74 Å². The molecule has 1 fully saturated rings. The van der Waals surface area contributed by atoms with Gasteiger partial charge in [-0.05, 0) is 79.9 Å². The summed E-state index contributed by atoms with van der Waals surface area (Å²) in [5, 5.41) is 3.49. The average molecular weight is 489 g/mol. The fourth-order valence-electron chi connectivity index (χ4n) is 4.29. The number of piperidine rings is 1. The highest BCUT2D eigenvalue weighted by Gasteiger charge is 2.17. The van der Waals surface area contributed by atoms with Crippen LogP contribution in [0.4, 0.5) is 5.95 Å². The number of nitrogens with one attached hydrogen (secondary N) is 2. The highest BCUT2D eigenvalue weighted by molar-refractivity contribution is 8.05. The van der Waals surface area contributed by atoms with Crippen LogP contribution in [0, 0.1) is 13.8 Å². The summed E-state index contributed by atoms with van der Waals surface area (Å²) >= 11 is 1.30. The van der Waals surface area contributed by atoms with E-state index in [4.69, 9.17) is 15.5 Å². The lowest BCUT2D eigenvalue weighted by Crippen LogP contribution is -2.28. The smallest absolute Gasteiger partial charge is 0.237 e. The quantitative estimate of drug-likeness (QED) is 0.281. The van der Waals surface area contributed by atoms with Gasteiger partial charge in [-0.3, -0.25) is 9.71 Å². The number of aliphatic imine (C=N–C) groups is 1. The summed E-state index contributed by atoms with van der Waals surface area (Å²) in [7, 11) is 1.70. The van der Waals surface area contributed by atoms with E-state index in [-0.39, 0.29) is 0 Å². The molecule has 2 heterocycles. The van der Waals surface area contributed by atoms with Crippen LogP contribution in [-0.2, 0) is 0 Å². The summed E-state index contributed by atoms with van der Waals surface area (Å²) in [6.07, 6.45) is 5.54. The van der Waals surface area contributed by atoms with Crippen molar-refractivity contribution >= 4 is 24.1 Å². The number of ether oxygens (including phenoxy) is 1. The lowest BCUT2D eigenvalue weighted by Gasteiger charge is -2.23. The van der Waals surface area contributed by atoms with E-state index in [1.807, 2.05) is 18.2 Å². The van der Waals surface area contributed by atoms with E-state index in [9.17, 15) is 0 Å². The topological polar surface area (TPSA) is 97.5 Å². The predicted molar refractivity (Wildman–Crippen MR) is 146 cm³/mol. The molecule has 1 aromatic heterocycles. The number of hydrogen-bond donors (Lipinski definition) is 3. The molecule has 1 atom stereocenters. The van der Waals surface area contributed by atoms with E-state index < -0.39 is 0 Å². The number of anilines is 1. The molecule has 8 heteroatoms. The third kappa shape index (κ3) is 6.41. The zero-order valence-corrected chi connectivity index (χ0v) is 21.2. The largest absolute Gasteiger partial charge is 0.439 e. The van der Waals surface area contributed by atoms with Crippen molar-refractivity contribution in [1.29, 1.82) is 0 Å². The van der Waals surface area contributed by atoms with Crippen LogP contribution < -0.4 is 20.5 Å². The van der Waals surface area contributed by atoms with E-state index in [0.717, 1.165) is 46.1 Å². The Kier molecular flexibility index (Phi) is 8.39. The van der Waals surface area contributed by atoms with Crippen molar-refractivity contribution in [1.82, 2.24) is 15.3 Å². The summed E-state index contributed by atoms with van der Waals surface area (Å²) < 4.78 is 9.47. The van der Waals surface area contributed by atoms with Crippen molar-refractivity contribution in [3.8, 4) is 22.9 Å². The Morgan fingerprint density at radius 1 is 1.17 bits per heavy atom. The van der Waals surface area contributed by atoms with Gasteiger partial charge >= 0.3 is 0 Å². The van der Waals surface area contributed by atoms with Crippen molar-refractivity contribution in [2.75, 3.05) is 24.9 Å². The maximum absolute atomic E-state index is 6.29. The SMILES string of the molecule is CN=CC(=CN)SNc1nc(Oc2cccc(C3CCCNC3)c2)cc(-c2c(C)cccc2C)n1. The molecule has 1 aliphatic heterocycles. The van der Waals surface area contributed by atoms with Crippen molar-refractivity contribution in [3.05, 3.63) is 76.3 Å². The third-order valence-electron chi connectivity index (χ3n) is 5.97. The molecule has 1 saturated heterocycles. The number of benzene rings is 2. The number of allylic oxidation sites excluding steroid dienone is 1. The molecule has 0 aliphatic carbocycles. The zero-order chi connectivity index (χ0) is 24.6. The molecular weight excluding hydrogens is 456 g/mol. The molecule has 0 amide bonds. The molecule has 0 bridgehead atoms. The fraction of sp³-hybridized carbons (Fsp3) is 0.296. The van der Waals surface area contributed by atoms with Gasteiger partial charge < -0.3 is 15.8 Å². The normalized spacial score (nSPS) is 16.4. The Labute approximate surface area is 211 Å². The van der Waals surface area contributed by atoms with E-state index in [1.165, 1.54) is 36.6 Å². The number of hydrogen-bond acceptors (Lipinski definition) is 8. The van der Waals surface area contributed by atoms with E-state index in [0.29, 0.717) is 17.7 Å². The van der Waals surface area contributed by atoms with Gasteiger partial charge in [-0.15, -0.1) is 0 Å². The van der Waals surface area contributed by atoms with Gasteiger partial charge in [-0.25, -0.2) is 4.98 Å². The maximum Gasteiger partial charge on any atom is 0.237 e. The molecule has 7 nitrogen and oxygen atoms in total. The van der Waals surface area contributed by atoms with Crippen molar-refractivity contribution in [2.45, 2.75) is 32.6 Å². The molecular formula is C27H32N6OS. The second kappa shape index (κ2) is 11.9. The molecule has 35 heavy (non-hydrogen) atoms. The summed E-state index contributed by atoms with van der Waals surface area (Å²) in [6.45, 7) is 6.26. The monoisotopic (exact) mass is 488 g/mol. The minimum Gasteiger partial charge on any atom is -0.439 e. The molecule has 4 rings (SSSR count). The number of nitrogens with two attached hydrogens (primary N) is 1. The first-order valence-electron chi connectivity index (χ1n) is 11.8. The Hall–Kier alpha value is -3.36. The summed E-state index contributed by atoms with van der Waals surface area (Å²) in [6, 6.07) is 16.4. The number of aromatic nitrogens is 2. The summed E-state index contributed by atoms with van der Waals surface area (Å²) in [5.74, 6) is 2.17. The summed E-state index contributed by atoms with van der Waals surface area (Å²) in [4.78, 5) is 14.2. The van der Waals surface area contributed by atoms with E-state index in [2.05, 4.69) is 64.2 Å². The van der Waals surface area contributed by atoms with Crippen LogP contribution in [0.1, 0.15) is 35.4 Å². The van der Waals surface area contributed by atoms with Crippen LogP contribution in [0.15, 0.2) is 64.6 Å². The van der Waals surface area contributed by atoms with E-state index >= 15 is 0 Å². The Morgan fingerprint density at radius 3 is 2.69 bits per heavy atom. The summed E-state index contributed by atoms with van der Waals surface area (Å²) in [5.41, 5.74) is 11.1. The highest BCUT2D eigenvalue weighted by atomic mass is 32.2. The second-order valence-corrected chi connectivity index (χ2v) is 9.44. The molecule has 0 spiro atoms. The Morgan fingerprint density at radius 2 is 1.97 bits per heavy atom. The average Bonchev–Trinajstić information content (AvgIpc) is 2.87. The van der Waals surface area contributed by atoms with Gasteiger partial charge in [0.1, 0.15) is 5.75 Å². The minimum absolute atomic E-state index is 0.432. The van der Waals surface area contributed by atoms with Gasteiger partial charge in [0.15, 0.2) is 0 Å². The molecule has 4 N–H and O–H groups in total. The molecule has 0 saturated carbocycles. The lowest BCUT2D eigenvalue weighted by atomic mass is 9.92. The van der Waals surface area contributed by atoms with Crippen LogP contribution in [0.3, 0.4) is 0 Å². The molecule has 182 valence electrons. The molecule has 1 aliphatic rings. The van der Waals surface area contributed by atoms with Gasteiger partial charge in [0, 0.05) is 37.6 Å². The van der Waals surface area contributed by atoms with Crippen LogP contribution in [0.2, 0.25) is 0 Å². The Bertz CT molecular complexity index is 1200. The minimum atomic E-state index is 0.432. The van der Waals surface area contributed by atoms with Crippen LogP contribution in [0.5, 0.6) is 11.6 Å². The van der Waals surface area contributed by atoms with Crippen LogP contribution >= 0.6 is 11.9 Å². The first-order chi connectivity index (χ1) is 17.1. The second-order valence-electron chi connectivity index (χ2n) is 8.56.